The lowest BCUT2D eigenvalue weighted by Gasteiger charge is -2.15. The van der Waals surface area contributed by atoms with Crippen LogP contribution in [0.1, 0.15) is 34.6 Å². The third-order valence-corrected chi connectivity index (χ3v) is 2.93. The minimum absolute atomic E-state index is 0.0417. The molecule has 1 heterocycles. The fourth-order valence-electron chi connectivity index (χ4n) is 1.79. The van der Waals surface area contributed by atoms with Crippen molar-refractivity contribution in [3.05, 3.63) is 53.5 Å². The number of methoxy groups -OCH3 is 1. The van der Waals surface area contributed by atoms with Crippen LogP contribution >= 0.6 is 0 Å². The van der Waals surface area contributed by atoms with Crippen LogP contribution < -0.4 is 5.32 Å². The number of anilines is 1. The summed E-state index contributed by atoms with van der Waals surface area (Å²) in [5, 5.41) is 11.9. The molecule has 0 aliphatic carbocycles. The van der Waals surface area contributed by atoms with E-state index in [1.807, 2.05) is 19.1 Å². The van der Waals surface area contributed by atoms with Crippen molar-refractivity contribution in [2.45, 2.75) is 13.0 Å². The third kappa shape index (κ3) is 3.54. The number of hydrogen-bond donors (Lipinski definition) is 1. The zero-order valence-electron chi connectivity index (χ0n) is 11.7. The van der Waals surface area contributed by atoms with E-state index >= 15 is 0 Å². The summed E-state index contributed by atoms with van der Waals surface area (Å²) in [7, 11) is 1.30. The number of carbonyl (C=O) groups is 1. The first-order valence-electron chi connectivity index (χ1n) is 6.31. The highest BCUT2D eigenvalue weighted by atomic mass is 16.5. The van der Waals surface area contributed by atoms with Crippen molar-refractivity contribution in [2.24, 2.45) is 0 Å². The minimum atomic E-state index is -0.530. The molecule has 1 aromatic heterocycles. The van der Waals surface area contributed by atoms with Gasteiger partial charge in [0.2, 0.25) is 0 Å². The summed E-state index contributed by atoms with van der Waals surface area (Å²) >= 11 is 0. The van der Waals surface area contributed by atoms with E-state index in [4.69, 9.17) is 5.26 Å². The van der Waals surface area contributed by atoms with Crippen molar-refractivity contribution in [1.82, 2.24) is 9.97 Å². The molecule has 0 fully saturated rings. The molecule has 6 nitrogen and oxygen atoms in total. The highest BCUT2D eigenvalue weighted by molar-refractivity contribution is 5.87. The molecule has 0 amide bonds. The molecule has 0 bridgehead atoms. The summed E-state index contributed by atoms with van der Waals surface area (Å²) in [5.41, 5.74) is 1.76. The quantitative estimate of drug-likeness (QED) is 0.866. The predicted molar refractivity (Wildman–Crippen MR) is 76.6 cm³/mol. The van der Waals surface area contributed by atoms with Gasteiger partial charge in [-0.15, -0.1) is 0 Å². The molecular formula is C15H14N4O2. The van der Waals surface area contributed by atoms with E-state index < -0.39 is 5.97 Å². The Labute approximate surface area is 122 Å². The van der Waals surface area contributed by atoms with Crippen LogP contribution in [0.5, 0.6) is 0 Å². The smallest absolute Gasteiger partial charge is 0.358 e. The average Bonchev–Trinajstić information content (AvgIpc) is 2.54. The molecule has 1 aromatic carbocycles. The Balaban J connectivity index is 2.13. The zero-order valence-corrected chi connectivity index (χ0v) is 11.7. The van der Waals surface area contributed by atoms with Crippen molar-refractivity contribution in [3.8, 4) is 6.07 Å². The monoisotopic (exact) mass is 282 g/mol. The summed E-state index contributed by atoms with van der Waals surface area (Å²) in [6, 6.07) is 9.28. The molecule has 0 radical (unpaired) electrons. The molecule has 1 atom stereocenters. The second-order valence-corrected chi connectivity index (χ2v) is 4.38. The van der Waals surface area contributed by atoms with Crippen LogP contribution in [0.15, 0.2) is 36.7 Å². The van der Waals surface area contributed by atoms with E-state index in [1.54, 1.807) is 12.1 Å². The van der Waals surface area contributed by atoms with Gasteiger partial charge in [-0.05, 0) is 24.6 Å². The first-order chi connectivity index (χ1) is 10.1. The molecule has 0 spiro atoms. The fraction of sp³-hybridized carbons (Fsp3) is 0.200. The van der Waals surface area contributed by atoms with E-state index in [0.29, 0.717) is 11.4 Å². The molecule has 1 N–H and O–H groups in total. The Hall–Kier alpha value is -2.94. The second-order valence-electron chi connectivity index (χ2n) is 4.38. The van der Waals surface area contributed by atoms with E-state index in [0.717, 1.165) is 5.56 Å². The molecule has 1 unspecified atom stereocenters. The highest BCUT2D eigenvalue weighted by Gasteiger charge is 2.11. The van der Waals surface area contributed by atoms with Gasteiger partial charge in [-0.1, -0.05) is 12.1 Å². The number of benzene rings is 1. The molecule has 2 rings (SSSR count). The third-order valence-electron chi connectivity index (χ3n) is 2.93. The lowest BCUT2D eigenvalue weighted by molar-refractivity contribution is 0.0593. The van der Waals surface area contributed by atoms with E-state index in [1.165, 1.54) is 19.5 Å². The van der Waals surface area contributed by atoms with Crippen LogP contribution in [0.3, 0.4) is 0 Å². The number of nitrogens with zero attached hydrogens (tertiary/aromatic N) is 3. The molecule has 106 valence electrons. The number of aromatic nitrogens is 2. The SMILES string of the molecule is COC(=O)c1cncc(NC(C)c2ccc(C#N)cc2)n1. The van der Waals surface area contributed by atoms with E-state index in [9.17, 15) is 4.79 Å². The lowest BCUT2D eigenvalue weighted by Crippen LogP contribution is -2.11. The van der Waals surface area contributed by atoms with Gasteiger partial charge in [-0.3, -0.25) is 4.98 Å². The molecule has 0 saturated carbocycles. The Bertz CT molecular complexity index is 677. The van der Waals surface area contributed by atoms with Crippen LogP contribution in [0, 0.1) is 11.3 Å². The number of nitriles is 1. The summed E-state index contributed by atoms with van der Waals surface area (Å²) in [4.78, 5) is 19.5. The summed E-state index contributed by atoms with van der Waals surface area (Å²) in [6.45, 7) is 1.95. The van der Waals surface area contributed by atoms with Gasteiger partial charge in [0.15, 0.2) is 5.69 Å². The van der Waals surface area contributed by atoms with Gasteiger partial charge in [0, 0.05) is 6.04 Å². The van der Waals surface area contributed by atoms with E-state index in [2.05, 4.69) is 26.1 Å². The Morgan fingerprint density at radius 1 is 1.33 bits per heavy atom. The number of hydrogen-bond acceptors (Lipinski definition) is 6. The number of carbonyl (C=O) groups excluding carboxylic acids is 1. The highest BCUT2D eigenvalue weighted by Crippen LogP contribution is 2.18. The van der Waals surface area contributed by atoms with Crippen LogP contribution in [0.4, 0.5) is 5.82 Å². The average molecular weight is 282 g/mol. The maximum Gasteiger partial charge on any atom is 0.358 e. The topological polar surface area (TPSA) is 87.9 Å². The number of nitrogens with one attached hydrogen (secondary N) is 1. The lowest BCUT2D eigenvalue weighted by atomic mass is 10.1. The van der Waals surface area contributed by atoms with Crippen molar-refractivity contribution in [3.63, 3.8) is 0 Å². The van der Waals surface area contributed by atoms with Gasteiger partial charge < -0.3 is 10.1 Å². The molecule has 6 heteroatoms. The van der Waals surface area contributed by atoms with Crippen LogP contribution in [0.25, 0.3) is 0 Å². The zero-order chi connectivity index (χ0) is 15.2. The molecule has 2 aromatic rings. The van der Waals surface area contributed by atoms with Crippen molar-refractivity contribution < 1.29 is 9.53 Å². The van der Waals surface area contributed by atoms with Crippen LogP contribution in [-0.4, -0.2) is 23.0 Å². The first-order valence-corrected chi connectivity index (χ1v) is 6.31. The van der Waals surface area contributed by atoms with Gasteiger partial charge >= 0.3 is 5.97 Å². The van der Waals surface area contributed by atoms with Gasteiger partial charge in [-0.25, -0.2) is 9.78 Å². The molecule has 0 aliphatic heterocycles. The van der Waals surface area contributed by atoms with Crippen molar-refractivity contribution in [2.75, 3.05) is 12.4 Å². The maximum atomic E-state index is 11.4. The minimum Gasteiger partial charge on any atom is -0.464 e. The molecule has 21 heavy (non-hydrogen) atoms. The molecule has 0 aliphatic rings. The van der Waals surface area contributed by atoms with Gasteiger partial charge in [0.1, 0.15) is 5.82 Å². The second kappa shape index (κ2) is 6.48. The Kier molecular flexibility index (Phi) is 4.46. The molecule has 0 saturated heterocycles. The van der Waals surface area contributed by atoms with E-state index in [-0.39, 0.29) is 11.7 Å². The van der Waals surface area contributed by atoms with Crippen LogP contribution in [0.2, 0.25) is 0 Å². The first kappa shape index (κ1) is 14.5. The standard InChI is InChI=1S/C15H14N4O2/c1-10(12-5-3-11(7-16)4-6-12)18-14-9-17-8-13(19-14)15(20)21-2/h3-6,8-10H,1-2H3,(H,18,19). The summed E-state index contributed by atoms with van der Waals surface area (Å²) in [6.07, 6.45) is 2.88. The fourth-order valence-corrected chi connectivity index (χ4v) is 1.79. The maximum absolute atomic E-state index is 11.4. The Morgan fingerprint density at radius 2 is 2.05 bits per heavy atom. The number of esters is 1. The van der Waals surface area contributed by atoms with Gasteiger partial charge in [0.05, 0.1) is 31.1 Å². The van der Waals surface area contributed by atoms with Gasteiger partial charge in [-0.2, -0.15) is 5.26 Å². The van der Waals surface area contributed by atoms with Crippen molar-refractivity contribution >= 4 is 11.8 Å². The number of rotatable bonds is 4. The largest absolute Gasteiger partial charge is 0.464 e. The van der Waals surface area contributed by atoms with Crippen LogP contribution in [-0.2, 0) is 4.74 Å². The predicted octanol–water partition coefficient (Wildman–Crippen LogP) is 2.31. The number of ether oxygens (including phenoxy) is 1. The summed E-state index contributed by atoms with van der Waals surface area (Å²) < 4.78 is 4.61. The Morgan fingerprint density at radius 3 is 2.67 bits per heavy atom. The van der Waals surface area contributed by atoms with Gasteiger partial charge in [0.25, 0.3) is 0 Å². The normalized spacial score (nSPS) is 11.3. The van der Waals surface area contributed by atoms with Crippen molar-refractivity contribution in [1.29, 1.82) is 5.26 Å². The summed E-state index contributed by atoms with van der Waals surface area (Å²) in [5.74, 6) is -0.0491. The molecular weight excluding hydrogens is 268 g/mol.